The van der Waals surface area contributed by atoms with Gasteiger partial charge in [-0.15, -0.1) is 0 Å². The lowest BCUT2D eigenvalue weighted by Crippen LogP contribution is -2.29. The Morgan fingerprint density at radius 3 is 2.40 bits per heavy atom. The quantitative estimate of drug-likeness (QED) is 0.590. The van der Waals surface area contributed by atoms with E-state index in [1.165, 1.54) is 5.56 Å². The molecule has 0 heterocycles. The zero-order valence-electron chi connectivity index (χ0n) is 11.1. The Morgan fingerprint density at radius 2 is 1.85 bits per heavy atom. The molecular weight excluding hydrogens is 384 g/mol. The van der Waals surface area contributed by atoms with E-state index in [0.717, 1.165) is 26.7 Å². The van der Waals surface area contributed by atoms with E-state index in [-0.39, 0.29) is 6.04 Å². The standard InChI is InChI=1S/C15H16Br2N2O/c1-20-15-7-2-10(8-13(15)17)9-14(19-18)11-3-5-12(16)6-4-11/h2-8,14,19H,9,18H2,1H3. The van der Waals surface area contributed by atoms with Crippen LogP contribution in [0.25, 0.3) is 0 Å². The summed E-state index contributed by atoms with van der Waals surface area (Å²) in [5.41, 5.74) is 5.21. The Kier molecular flexibility index (Phi) is 5.60. The topological polar surface area (TPSA) is 47.3 Å². The molecular formula is C15H16Br2N2O. The van der Waals surface area contributed by atoms with Crippen LogP contribution in [-0.2, 0) is 6.42 Å². The molecule has 0 aliphatic carbocycles. The third-order valence-electron chi connectivity index (χ3n) is 3.13. The van der Waals surface area contributed by atoms with Gasteiger partial charge in [0.25, 0.3) is 0 Å². The van der Waals surface area contributed by atoms with Crippen molar-refractivity contribution in [2.45, 2.75) is 12.5 Å². The SMILES string of the molecule is COc1ccc(CC(NN)c2ccc(Br)cc2)cc1Br. The van der Waals surface area contributed by atoms with E-state index >= 15 is 0 Å². The highest BCUT2D eigenvalue weighted by Crippen LogP contribution is 2.28. The van der Waals surface area contributed by atoms with Crippen molar-refractivity contribution < 1.29 is 4.74 Å². The lowest BCUT2D eigenvalue weighted by atomic mass is 9.99. The minimum atomic E-state index is 0.0726. The summed E-state index contributed by atoms with van der Waals surface area (Å²) in [6.07, 6.45) is 0.806. The molecule has 0 saturated heterocycles. The molecule has 0 aliphatic heterocycles. The van der Waals surface area contributed by atoms with Gasteiger partial charge in [0.1, 0.15) is 5.75 Å². The Morgan fingerprint density at radius 1 is 1.15 bits per heavy atom. The third-order valence-corrected chi connectivity index (χ3v) is 4.28. The van der Waals surface area contributed by atoms with Crippen LogP contribution in [0.3, 0.4) is 0 Å². The first-order valence-electron chi connectivity index (χ1n) is 6.18. The van der Waals surface area contributed by atoms with Gasteiger partial charge in [0.05, 0.1) is 11.6 Å². The second-order valence-corrected chi connectivity index (χ2v) is 6.21. The molecule has 0 aromatic heterocycles. The second kappa shape index (κ2) is 7.22. The molecule has 3 nitrogen and oxygen atoms in total. The van der Waals surface area contributed by atoms with E-state index in [9.17, 15) is 0 Å². The number of benzene rings is 2. The zero-order chi connectivity index (χ0) is 14.5. The van der Waals surface area contributed by atoms with Crippen LogP contribution >= 0.6 is 31.9 Å². The first kappa shape index (κ1) is 15.5. The molecule has 2 aromatic rings. The summed E-state index contributed by atoms with van der Waals surface area (Å²) >= 11 is 6.94. The molecule has 0 aliphatic rings. The minimum Gasteiger partial charge on any atom is -0.496 e. The number of rotatable bonds is 5. The van der Waals surface area contributed by atoms with Crippen molar-refractivity contribution in [3.05, 3.63) is 62.5 Å². The van der Waals surface area contributed by atoms with Gasteiger partial charge < -0.3 is 4.74 Å². The van der Waals surface area contributed by atoms with Gasteiger partial charge in [0.2, 0.25) is 0 Å². The third kappa shape index (κ3) is 3.82. The van der Waals surface area contributed by atoms with Crippen molar-refractivity contribution in [1.29, 1.82) is 0 Å². The predicted molar refractivity (Wildman–Crippen MR) is 88.6 cm³/mol. The number of methoxy groups -OCH3 is 1. The first-order valence-corrected chi connectivity index (χ1v) is 7.76. The molecule has 3 N–H and O–H groups in total. The highest BCUT2D eigenvalue weighted by molar-refractivity contribution is 9.10. The zero-order valence-corrected chi connectivity index (χ0v) is 14.2. The van der Waals surface area contributed by atoms with E-state index in [1.807, 2.05) is 24.3 Å². The van der Waals surface area contributed by atoms with Crippen molar-refractivity contribution in [3.63, 3.8) is 0 Å². The van der Waals surface area contributed by atoms with Gasteiger partial charge in [-0.2, -0.15) is 0 Å². The van der Waals surface area contributed by atoms with Crippen LogP contribution < -0.4 is 16.0 Å². The highest BCUT2D eigenvalue weighted by atomic mass is 79.9. The van der Waals surface area contributed by atoms with Crippen LogP contribution in [0.5, 0.6) is 5.75 Å². The maximum atomic E-state index is 5.69. The average molecular weight is 400 g/mol. The lowest BCUT2D eigenvalue weighted by molar-refractivity contribution is 0.412. The number of ether oxygens (including phenoxy) is 1. The largest absolute Gasteiger partial charge is 0.496 e. The van der Waals surface area contributed by atoms with Gasteiger partial charge >= 0.3 is 0 Å². The van der Waals surface area contributed by atoms with Gasteiger partial charge in [-0.3, -0.25) is 11.3 Å². The van der Waals surface area contributed by atoms with Crippen LogP contribution in [0.2, 0.25) is 0 Å². The van der Waals surface area contributed by atoms with E-state index in [2.05, 4.69) is 55.5 Å². The number of nitrogens with two attached hydrogens (primary N) is 1. The van der Waals surface area contributed by atoms with Crippen LogP contribution in [-0.4, -0.2) is 7.11 Å². The minimum absolute atomic E-state index is 0.0726. The van der Waals surface area contributed by atoms with Crippen molar-refractivity contribution in [1.82, 2.24) is 5.43 Å². The number of nitrogens with one attached hydrogen (secondary N) is 1. The molecule has 0 saturated carbocycles. The van der Waals surface area contributed by atoms with E-state index in [0.29, 0.717) is 0 Å². The summed E-state index contributed by atoms with van der Waals surface area (Å²) in [4.78, 5) is 0. The molecule has 0 bridgehead atoms. The summed E-state index contributed by atoms with van der Waals surface area (Å²) in [7, 11) is 1.66. The van der Waals surface area contributed by atoms with Crippen molar-refractivity contribution in [2.24, 2.45) is 5.84 Å². The maximum Gasteiger partial charge on any atom is 0.133 e. The Bertz CT molecular complexity index is 573. The fraction of sp³-hybridized carbons (Fsp3) is 0.200. The number of hydrazine groups is 1. The summed E-state index contributed by atoms with van der Waals surface area (Å²) in [5, 5.41) is 0. The van der Waals surface area contributed by atoms with Gasteiger partial charge in [-0.1, -0.05) is 34.1 Å². The molecule has 0 radical (unpaired) electrons. The molecule has 0 amide bonds. The number of halogens is 2. The molecule has 106 valence electrons. The molecule has 1 atom stereocenters. The van der Waals surface area contributed by atoms with Gasteiger partial charge in [0, 0.05) is 10.5 Å². The molecule has 1 unspecified atom stereocenters. The summed E-state index contributed by atoms with van der Waals surface area (Å²) in [6.45, 7) is 0. The Labute approximate surface area is 135 Å². The maximum absolute atomic E-state index is 5.69. The van der Waals surface area contributed by atoms with Gasteiger partial charge in [-0.25, -0.2) is 0 Å². The second-order valence-electron chi connectivity index (χ2n) is 4.44. The number of hydrogen-bond donors (Lipinski definition) is 2. The predicted octanol–water partition coefficient (Wildman–Crippen LogP) is 3.97. The van der Waals surface area contributed by atoms with Crippen molar-refractivity contribution >= 4 is 31.9 Å². The molecule has 2 rings (SSSR count). The molecule has 5 heteroatoms. The average Bonchev–Trinajstić information content (AvgIpc) is 2.46. The smallest absolute Gasteiger partial charge is 0.133 e. The normalized spacial score (nSPS) is 12.2. The van der Waals surface area contributed by atoms with E-state index in [4.69, 9.17) is 10.6 Å². The molecule has 20 heavy (non-hydrogen) atoms. The monoisotopic (exact) mass is 398 g/mol. The van der Waals surface area contributed by atoms with Crippen molar-refractivity contribution in [2.75, 3.05) is 7.11 Å². The number of hydrogen-bond acceptors (Lipinski definition) is 3. The molecule has 2 aromatic carbocycles. The van der Waals surface area contributed by atoms with Crippen molar-refractivity contribution in [3.8, 4) is 5.75 Å². The van der Waals surface area contributed by atoms with E-state index in [1.54, 1.807) is 7.11 Å². The van der Waals surface area contributed by atoms with Crippen LogP contribution in [0.15, 0.2) is 51.4 Å². The fourth-order valence-electron chi connectivity index (χ4n) is 2.04. The van der Waals surface area contributed by atoms with E-state index < -0.39 is 0 Å². The molecule has 0 spiro atoms. The van der Waals surface area contributed by atoms with Crippen LogP contribution in [0.1, 0.15) is 17.2 Å². The van der Waals surface area contributed by atoms with Gasteiger partial charge in [0.15, 0.2) is 0 Å². The highest BCUT2D eigenvalue weighted by Gasteiger charge is 2.11. The van der Waals surface area contributed by atoms with Crippen LogP contribution in [0.4, 0.5) is 0 Å². The Hall–Kier alpha value is -0.880. The fourth-order valence-corrected chi connectivity index (χ4v) is 2.89. The Balaban J connectivity index is 2.17. The first-order chi connectivity index (χ1) is 9.63. The summed E-state index contributed by atoms with van der Waals surface area (Å²) < 4.78 is 7.24. The molecule has 0 fully saturated rings. The van der Waals surface area contributed by atoms with Crippen LogP contribution in [0, 0.1) is 0 Å². The summed E-state index contributed by atoms with van der Waals surface area (Å²) in [5.74, 6) is 6.52. The van der Waals surface area contributed by atoms with Gasteiger partial charge in [-0.05, 0) is 57.7 Å². The summed E-state index contributed by atoms with van der Waals surface area (Å²) in [6, 6.07) is 14.3. The lowest BCUT2D eigenvalue weighted by Gasteiger charge is -2.17.